The summed E-state index contributed by atoms with van der Waals surface area (Å²) in [6.07, 6.45) is 8.93. The molecule has 0 aliphatic heterocycles. The van der Waals surface area contributed by atoms with Crippen LogP contribution >= 0.6 is 7.26 Å². The Morgan fingerprint density at radius 2 is 1.39 bits per heavy atom. The maximum atomic E-state index is 3.86. The van der Waals surface area contributed by atoms with Crippen LogP contribution in [0.15, 0.2) is 68.3 Å². The Morgan fingerprint density at radius 3 is 1.83 bits per heavy atom. The number of benzene rings is 1. The first kappa shape index (κ1) is 14.5. The van der Waals surface area contributed by atoms with Crippen molar-refractivity contribution in [3.05, 3.63) is 73.9 Å². The third-order valence-electron chi connectivity index (χ3n) is 2.85. The maximum absolute atomic E-state index is 3.86. The Bertz CT molecular complexity index is 433. The molecule has 0 aliphatic rings. The van der Waals surface area contributed by atoms with Gasteiger partial charge in [0.2, 0.25) is 0 Å². The first-order valence-electron chi connectivity index (χ1n) is 6.17. The first-order chi connectivity index (χ1) is 8.76. The quantitative estimate of drug-likeness (QED) is 0.404. The van der Waals surface area contributed by atoms with Crippen molar-refractivity contribution in [1.29, 1.82) is 0 Å². The molecule has 1 aromatic carbocycles. The summed E-state index contributed by atoms with van der Waals surface area (Å²) in [5, 5.41) is 0. The van der Waals surface area contributed by atoms with E-state index < -0.39 is 7.26 Å². The molecular weight excluding hydrogens is 235 g/mol. The SMILES string of the molecule is C=CC[PH](C#Cc1ccccc1)(CC=C)CC=C. The number of hydrogen-bond acceptors (Lipinski definition) is 0. The van der Waals surface area contributed by atoms with E-state index >= 15 is 0 Å². The van der Waals surface area contributed by atoms with Gasteiger partial charge in [0, 0.05) is 0 Å². The molecule has 0 spiro atoms. The first-order valence-corrected chi connectivity index (χ1v) is 8.79. The number of hydrogen-bond donors (Lipinski definition) is 0. The van der Waals surface area contributed by atoms with Crippen molar-refractivity contribution in [2.45, 2.75) is 0 Å². The molecule has 0 amide bonds. The van der Waals surface area contributed by atoms with Crippen molar-refractivity contribution in [3.63, 3.8) is 0 Å². The minimum atomic E-state index is -1.69. The van der Waals surface area contributed by atoms with Gasteiger partial charge in [0.25, 0.3) is 0 Å². The van der Waals surface area contributed by atoms with Crippen LogP contribution in [-0.4, -0.2) is 18.5 Å². The van der Waals surface area contributed by atoms with Gasteiger partial charge >= 0.3 is 111 Å². The summed E-state index contributed by atoms with van der Waals surface area (Å²) in [5.74, 6) is 3.31. The van der Waals surface area contributed by atoms with Crippen LogP contribution in [0.4, 0.5) is 0 Å². The van der Waals surface area contributed by atoms with Gasteiger partial charge in [-0.25, -0.2) is 0 Å². The molecule has 94 valence electrons. The fourth-order valence-electron chi connectivity index (χ4n) is 1.96. The van der Waals surface area contributed by atoms with Crippen LogP contribution in [0.2, 0.25) is 0 Å². The zero-order valence-corrected chi connectivity index (χ0v) is 11.9. The summed E-state index contributed by atoms with van der Waals surface area (Å²) in [6, 6.07) is 10.1. The van der Waals surface area contributed by atoms with Crippen LogP contribution in [0.3, 0.4) is 0 Å². The molecule has 1 heteroatoms. The number of allylic oxidation sites excluding steroid dienone is 3. The molecule has 0 N–H and O–H groups in total. The van der Waals surface area contributed by atoms with Gasteiger partial charge in [-0.2, -0.15) is 0 Å². The Balaban J connectivity index is 3.02. The molecular formula is C17H21P. The second kappa shape index (κ2) is 7.70. The summed E-state index contributed by atoms with van der Waals surface area (Å²) in [7, 11) is -1.69. The van der Waals surface area contributed by atoms with E-state index in [0.717, 1.165) is 24.0 Å². The monoisotopic (exact) mass is 256 g/mol. The second-order valence-electron chi connectivity index (χ2n) is 4.37. The fourth-order valence-corrected chi connectivity index (χ4v) is 4.83. The average Bonchev–Trinajstić information content (AvgIpc) is 2.39. The zero-order chi connectivity index (χ0) is 13.3. The van der Waals surface area contributed by atoms with Crippen LogP contribution in [-0.2, 0) is 0 Å². The number of rotatable bonds is 6. The van der Waals surface area contributed by atoms with Gasteiger partial charge in [-0.15, -0.1) is 0 Å². The predicted octanol–water partition coefficient (Wildman–Crippen LogP) is 4.30. The molecule has 0 heterocycles. The van der Waals surface area contributed by atoms with Gasteiger partial charge in [-0.1, -0.05) is 0 Å². The molecule has 0 aliphatic carbocycles. The van der Waals surface area contributed by atoms with Gasteiger partial charge < -0.3 is 0 Å². The van der Waals surface area contributed by atoms with Crippen LogP contribution in [0.5, 0.6) is 0 Å². The van der Waals surface area contributed by atoms with E-state index in [9.17, 15) is 0 Å². The van der Waals surface area contributed by atoms with Gasteiger partial charge in [-0.3, -0.25) is 0 Å². The van der Waals surface area contributed by atoms with E-state index in [-0.39, 0.29) is 0 Å². The van der Waals surface area contributed by atoms with Crippen LogP contribution < -0.4 is 0 Å². The van der Waals surface area contributed by atoms with Crippen LogP contribution in [0, 0.1) is 11.6 Å². The Labute approximate surface area is 111 Å². The second-order valence-corrected chi connectivity index (χ2v) is 8.41. The summed E-state index contributed by atoms with van der Waals surface area (Å²) in [5.41, 5.74) is 4.60. The summed E-state index contributed by atoms with van der Waals surface area (Å²) < 4.78 is 0. The molecule has 0 unspecified atom stereocenters. The average molecular weight is 256 g/mol. The topological polar surface area (TPSA) is 0 Å². The molecule has 0 bridgehead atoms. The van der Waals surface area contributed by atoms with Crippen LogP contribution in [0.1, 0.15) is 5.56 Å². The van der Waals surface area contributed by atoms with Gasteiger partial charge in [0.1, 0.15) is 0 Å². The Kier molecular flexibility index (Phi) is 6.20. The normalized spacial score (nSPS) is 10.9. The molecule has 0 atom stereocenters. The molecule has 0 saturated carbocycles. The summed E-state index contributed by atoms with van der Waals surface area (Å²) in [4.78, 5) is 0. The van der Waals surface area contributed by atoms with E-state index in [2.05, 4.69) is 31.3 Å². The summed E-state index contributed by atoms with van der Waals surface area (Å²) in [6.45, 7) is 11.6. The van der Waals surface area contributed by atoms with Crippen molar-refractivity contribution in [2.24, 2.45) is 0 Å². The summed E-state index contributed by atoms with van der Waals surface area (Å²) >= 11 is 0. The fraction of sp³-hybridized carbons (Fsp3) is 0.176. The molecule has 0 fully saturated rings. The van der Waals surface area contributed by atoms with E-state index in [4.69, 9.17) is 0 Å². The van der Waals surface area contributed by atoms with Gasteiger partial charge in [-0.05, 0) is 0 Å². The Hall–Kier alpha value is -1.57. The van der Waals surface area contributed by atoms with E-state index in [0.29, 0.717) is 0 Å². The van der Waals surface area contributed by atoms with Crippen molar-refractivity contribution in [1.82, 2.24) is 0 Å². The van der Waals surface area contributed by atoms with Crippen molar-refractivity contribution < 1.29 is 0 Å². The minimum absolute atomic E-state index is 0.991. The molecule has 1 rings (SSSR count). The zero-order valence-electron chi connectivity index (χ0n) is 10.9. The standard InChI is InChI=1S/C17H21P/c1-4-13-18(14-5-2,15-6-3)16-12-17-10-8-7-9-11-17/h4-11,18H,1-3,13-15H2. The van der Waals surface area contributed by atoms with E-state index in [1.54, 1.807) is 0 Å². The van der Waals surface area contributed by atoms with Gasteiger partial charge in [0.15, 0.2) is 0 Å². The predicted molar refractivity (Wildman–Crippen MR) is 86.8 cm³/mol. The van der Waals surface area contributed by atoms with E-state index in [1.807, 2.05) is 48.6 Å². The Morgan fingerprint density at radius 1 is 0.889 bits per heavy atom. The third-order valence-corrected chi connectivity index (χ3v) is 6.72. The van der Waals surface area contributed by atoms with Crippen molar-refractivity contribution in [2.75, 3.05) is 18.5 Å². The molecule has 0 nitrogen and oxygen atoms in total. The molecule has 0 radical (unpaired) electrons. The van der Waals surface area contributed by atoms with Crippen LogP contribution in [0.25, 0.3) is 0 Å². The molecule has 0 saturated heterocycles. The molecule has 0 aromatic heterocycles. The van der Waals surface area contributed by atoms with Crippen molar-refractivity contribution >= 4 is 7.26 Å². The molecule has 1 aromatic rings. The third kappa shape index (κ3) is 4.36. The van der Waals surface area contributed by atoms with Gasteiger partial charge in [0.05, 0.1) is 0 Å². The van der Waals surface area contributed by atoms with E-state index in [1.165, 1.54) is 0 Å². The molecule has 18 heavy (non-hydrogen) atoms. The van der Waals surface area contributed by atoms with Crippen molar-refractivity contribution in [3.8, 4) is 11.6 Å².